The first-order valence-corrected chi connectivity index (χ1v) is 8.16. The van der Waals surface area contributed by atoms with E-state index in [0.717, 1.165) is 34.6 Å². The quantitative estimate of drug-likeness (QED) is 0.882. The summed E-state index contributed by atoms with van der Waals surface area (Å²) in [6, 6.07) is 8.43. The van der Waals surface area contributed by atoms with Gasteiger partial charge in [0.05, 0.1) is 5.69 Å². The molecule has 118 valence electrons. The average Bonchev–Trinajstić information content (AvgIpc) is 3.46. The molecule has 0 saturated heterocycles. The second-order valence-corrected chi connectivity index (χ2v) is 6.39. The molecule has 23 heavy (non-hydrogen) atoms. The Morgan fingerprint density at radius 3 is 2.65 bits per heavy atom. The van der Waals surface area contributed by atoms with Gasteiger partial charge in [-0.25, -0.2) is 4.98 Å². The van der Waals surface area contributed by atoms with Crippen LogP contribution in [0.4, 0.5) is 17.5 Å². The van der Waals surface area contributed by atoms with Crippen LogP contribution in [0.2, 0.25) is 0 Å². The molecule has 6 nitrogen and oxygen atoms in total. The molecular formula is C17H18N4O2. The van der Waals surface area contributed by atoms with Gasteiger partial charge in [-0.05, 0) is 37.8 Å². The maximum absolute atomic E-state index is 5.43. The predicted octanol–water partition coefficient (Wildman–Crippen LogP) is 3.40. The zero-order chi connectivity index (χ0) is 15.2. The molecule has 1 aromatic carbocycles. The molecule has 0 unspecified atom stereocenters. The summed E-state index contributed by atoms with van der Waals surface area (Å²) in [5, 5.41) is 6.76. The fourth-order valence-corrected chi connectivity index (χ4v) is 2.72. The van der Waals surface area contributed by atoms with Crippen LogP contribution in [-0.4, -0.2) is 22.8 Å². The highest BCUT2D eigenvalue weighted by Gasteiger charge is 2.28. The van der Waals surface area contributed by atoms with Gasteiger partial charge in [0.15, 0.2) is 11.5 Å². The summed E-state index contributed by atoms with van der Waals surface area (Å²) < 4.78 is 10.8. The van der Waals surface area contributed by atoms with Crippen LogP contribution in [0.15, 0.2) is 24.3 Å². The van der Waals surface area contributed by atoms with Gasteiger partial charge in [0.25, 0.3) is 0 Å². The van der Waals surface area contributed by atoms with Gasteiger partial charge in [-0.1, -0.05) is 0 Å². The number of rotatable bonds is 5. The number of fused-ring (bicyclic) bond motifs is 1. The summed E-state index contributed by atoms with van der Waals surface area (Å²) in [5.74, 6) is 3.70. The van der Waals surface area contributed by atoms with E-state index in [1.807, 2.05) is 18.2 Å². The minimum atomic E-state index is 0.285. The van der Waals surface area contributed by atoms with E-state index in [9.17, 15) is 0 Å². The van der Waals surface area contributed by atoms with Crippen LogP contribution in [-0.2, 0) is 0 Å². The standard InChI is InChI=1S/C17H18N4O2/c1-2-10(1)13-8-16(21-17(20-13)19-11-3-4-11)18-12-5-6-14-15(7-12)23-9-22-14/h5-8,10-11H,1-4,9H2,(H2,18,19,20,21). The number of ether oxygens (including phenoxy) is 2. The molecule has 2 aliphatic carbocycles. The van der Waals surface area contributed by atoms with Gasteiger partial charge in [-0.3, -0.25) is 0 Å². The Hall–Kier alpha value is -2.50. The largest absolute Gasteiger partial charge is 0.454 e. The van der Waals surface area contributed by atoms with Crippen molar-refractivity contribution in [1.29, 1.82) is 0 Å². The molecule has 2 N–H and O–H groups in total. The smallest absolute Gasteiger partial charge is 0.231 e. The monoisotopic (exact) mass is 310 g/mol. The van der Waals surface area contributed by atoms with E-state index >= 15 is 0 Å². The van der Waals surface area contributed by atoms with Crippen molar-refractivity contribution < 1.29 is 9.47 Å². The SMILES string of the molecule is c1cc2c(cc1Nc1cc(C3CC3)nc(NC3CC3)n1)OCO2. The molecule has 0 radical (unpaired) electrons. The van der Waals surface area contributed by atoms with Gasteiger partial charge in [-0.15, -0.1) is 0 Å². The first-order chi connectivity index (χ1) is 11.3. The maximum atomic E-state index is 5.43. The summed E-state index contributed by atoms with van der Waals surface area (Å²) >= 11 is 0. The third-order valence-electron chi connectivity index (χ3n) is 4.30. The zero-order valence-electron chi connectivity index (χ0n) is 12.7. The normalized spacial score (nSPS) is 18.8. The van der Waals surface area contributed by atoms with Crippen LogP contribution in [0.25, 0.3) is 0 Å². The lowest BCUT2D eigenvalue weighted by Gasteiger charge is -2.11. The lowest BCUT2D eigenvalue weighted by molar-refractivity contribution is 0.174. The van der Waals surface area contributed by atoms with Crippen LogP contribution in [0.1, 0.15) is 37.3 Å². The van der Waals surface area contributed by atoms with Crippen LogP contribution in [0.3, 0.4) is 0 Å². The molecule has 2 saturated carbocycles. The van der Waals surface area contributed by atoms with Gasteiger partial charge in [0.1, 0.15) is 5.82 Å². The molecule has 0 spiro atoms. The number of hydrogen-bond donors (Lipinski definition) is 2. The fraction of sp³-hybridized carbons (Fsp3) is 0.412. The lowest BCUT2D eigenvalue weighted by Crippen LogP contribution is -2.08. The predicted molar refractivity (Wildman–Crippen MR) is 86.5 cm³/mol. The van der Waals surface area contributed by atoms with E-state index in [1.165, 1.54) is 25.7 Å². The highest BCUT2D eigenvalue weighted by atomic mass is 16.7. The number of nitrogens with zero attached hydrogens (tertiary/aromatic N) is 2. The van der Waals surface area contributed by atoms with E-state index in [-0.39, 0.29) is 6.79 Å². The topological polar surface area (TPSA) is 68.3 Å². The highest BCUT2D eigenvalue weighted by Crippen LogP contribution is 2.41. The molecule has 0 bridgehead atoms. The van der Waals surface area contributed by atoms with Crippen LogP contribution < -0.4 is 20.1 Å². The molecule has 0 atom stereocenters. The van der Waals surface area contributed by atoms with Crippen molar-refractivity contribution >= 4 is 17.5 Å². The first-order valence-electron chi connectivity index (χ1n) is 8.16. The van der Waals surface area contributed by atoms with Gasteiger partial charge in [0, 0.05) is 29.8 Å². The van der Waals surface area contributed by atoms with Crippen molar-refractivity contribution in [3.8, 4) is 11.5 Å². The van der Waals surface area contributed by atoms with Gasteiger partial charge in [0.2, 0.25) is 12.7 Å². The summed E-state index contributed by atoms with van der Waals surface area (Å²) in [6.45, 7) is 0.285. The maximum Gasteiger partial charge on any atom is 0.231 e. The number of nitrogens with one attached hydrogen (secondary N) is 2. The molecule has 3 aliphatic rings. The van der Waals surface area contributed by atoms with Crippen molar-refractivity contribution in [1.82, 2.24) is 9.97 Å². The third kappa shape index (κ3) is 2.76. The number of benzene rings is 1. The van der Waals surface area contributed by atoms with Crippen LogP contribution in [0.5, 0.6) is 11.5 Å². The van der Waals surface area contributed by atoms with Gasteiger partial charge in [-0.2, -0.15) is 4.98 Å². The van der Waals surface area contributed by atoms with Gasteiger partial charge >= 0.3 is 0 Å². The van der Waals surface area contributed by atoms with Crippen molar-refractivity contribution in [2.24, 2.45) is 0 Å². The van der Waals surface area contributed by atoms with E-state index < -0.39 is 0 Å². The minimum absolute atomic E-state index is 0.285. The summed E-state index contributed by atoms with van der Waals surface area (Å²) in [5.41, 5.74) is 2.07. The molecule has 1 aliphatic heterocycles. The van der Waals surface area contributed by atoms with Crippen LogP contribution >= 0.6 is 0 Å². The van der Waals surface area contributed by atoms with E-state index in [4.69, 9.17) is 9.47 Å². The van der Waals surface area contributed by atoms with Crippen molar-refractivity contribution in [2.75, 3.05) is 17.4 Å². The average molecular weight is 310 g/mol. The Labute approximate surface area is 134 Å². The van der Waals surface area contributed by atoms with Crippen molar-refractivity contribution in [3.63, 3.8) is 0 Å². The second-order valence-electron chi connectivity index (χ2n) is 6.39. The molecule has 1 aromatic heterocycles. The molecule has 5 rings (SSSR count). The number of aromatic nitrogens is 2. The Kier molecular flexibility index (Phi) is 2.83. The Morgan fingerprint density at radius 1 is 0.957 bits per heavy atom. The summed E-state index contributed by atoms with van der Waals surface area (Å²) in [4.78, 5) is 9.28. The highest BCUT2D eigenvalue weighted by molar-refractivity contribution is 5.63. The fourth-order valence-electron chi connectivity index (χ4n) is 2.72. The Morgan fingerprint density at radius 2 is 1.83 bits per heavy atom. The second kappa shape index (κ2) is 5.01. The van der Waals surface area contributed by atoms with Crippen molar-refractivity contribution in [3.05, 3.63) is 30.0 Å². The number of anilines is 3. The molecule has 0 amide bonds. The minimum Gasteiger partial charge on any atom is -0.454 e. The Balaban J connectivity index is 1.43. The molecular weight excluding hydrogens is 292 g/mol. The van der Waals surface area contributed by atoms with Gasteiger partial charge < -0.3 is 20.1 Å². The zero-order valence-corrected chi connectivity index (χ0v) is 12.7. The summed E-state index contributed by atoms with van der Waals surface area (Å²) in [7, 11) is 0. The van der Waals surface area contributed by atoms with E-state index in [1.54, 1.807) is 0 Å². The van der Waals surface area contributed by atoms with E-state index in [0.29, 0.717) is 12.0 Å². The summed E-state index contributed by atoms with van der Waals surface area (Å²) in [6.07, 6.45) is 4.87. The van der Waals surface area contributed by atoms with Crippen molar-refractivity contribution in [2.45, 2.75) is 37.6 Å². The van der Waals surface area contributed by atoms with Crippen LogP contribution in [0, 0.1) is 0 Å². The number of hydrogen-bond acceptors (Lipinski definition) is 6. The molecule has 2 aromatic rings. The Bertz CT molecular complexity index is 756. The molecule has 2 fully saturated rings. The van der Waals surface area contributed by atoms with E-state index in [2.05, 4.69) is 26.7 Å². The molecule has 6 heteroatoms. The first kappa shape index (κ1) is 13.0. The molecule has 2 heterocycles. The third-order valence-corrected chi connectivity index (χ3v) is 4.30. The lowest BCUT2D eigenvalue weighted by atomic mass is 10.2.